The standard InChI is InChI=1S/C27H48N4O2/c1-7-26(3,4)20-12-16-22(17-13-20)28-30-24(32)10-9-11-25(33)31-29-23-18-14-21(15-19-23)27(5,6)8-2/h20-21H,7-19H2,1-6H3,(H,30,32)(H,31,33). The van der Waals surface area contributed by atoms with Crippen LogP contribution >= 0.6 is 0 Å². The fourth-order valence-corrected chi connectivity index (χ4v) is 5.07. The average Bonchev–Trinajstić information content (AvgIpc) is 2.82. The van der Waals surface area contributed by atoms with Gasteiger partial charge in [0.15, 0.2) is 0 Å². The maximum absolute atomic E-state index is 12.1. The molecule has 0 aromatic carbocycles. The summed E-state index contributed by atoms with van der Waals surface area (Å²) in [5, 5.41) is 8.69. The van der Waals surface area contributed by atoms with E-state index >= 15 is 0 Å². The van der Waals surface area contributed by atoms with Gasteiger partial charge < -0.3 is 0 Å². The van der Waals surface area contributed by atoms with Crippen LogP contribution in [0.1, 0.15) is 125 Å². The first-order chi connectivity index (χ1) is 15.6. The summed E-state index contributed by atoms with van der Waals surface area (Å²) in [6.45, 7) is 13.9. The molecule has 2 aliphatic rings. The number of nitrogens with zero attached hydrogens (tertiary/aromatic N) is 2. The van der Waals surface area contributed by atoms with Crippen molar-refractivity contribution in [2.24, 2.45) is 32.9 Å². The summed E-state index contributed by atoms with van der Waals surface area (Å²) in [4.78, 5) is 24.2. The molecule has 0 heterocycles. The van der Waals surface area contributed by atoms with Crippen LogP contribution in [-0.2, 0) is 9.59 Å². The molecule has 0 aliphatic heterocycles. The Hall–Kier alpha value is -1.72. The molecule has 0 bridgehead atoms. The van der Waals surface area contributed by atoms with E-state index in [1.54, 1.807) is 0 Å². The Kier molecular flexibility index (Phi) is 10.6. The monoisotopic (exact) mass is 460 g/mol. The van der Waals surface area contributed by atoms with Gasteiger partial charge in [0.25, 0.3) is 0 Å². The summed E-state index contributed by atoms with van der Waals surface area (Å²) < 4.78 is 0. The zero-order chi connectivity index (χ0) is 24.5. The number of carbonyl (C=O) groups excluding carboxylic acids is 2. The molecule has 2 aliphatic carbocycles. The molecule has 2 N–H and O–H groups in total. The van der Waals surface area contributed by atoms with Gasteiger partial charge in [-0.1, -0.05) is 54.4 Å². The molecular formula is C27H48N4O2. The second-order valence-corrected chi connectivity index (χ2v) is 11.5. The zero-order valence-corrected chi connectivity index (χ0v) is 22.1. The summed E-state index contributed by atoms with van der Waals surface area (Å²) in [7, 11) is 0. The van der Waals surface area contributed by atoms with Crippen LogP contribution in [0.3, 0.4) is 0 Å². The van der Waals surface area contributed by atoms with Gasteiger partial charge in [-0.3, -0.25) is 9.59 Å². The maximum atomic E-state index is 12.1. The second kappa shape index (κ2) is 12.7. The van der Waals surface area contributed by atoms with E-state index in [-0.39, 0.29) is 11.8 Å². The Labute approximate surface area is 201 Å². The van der Waals surface area contributed by atoms with Crippen LogP contribution < -0.4 is 10.9 Å². The molecule has 2 rings (SSSR count). The number of amides is 2. The Morgan fingerprint density at radius 1 is 0.727 bits per heavy atom. The molecule has 0 atom stereocenters. The Morgan fingerprint density at radius 2 is 1.06 bits per heavy atom. The van der Waals surface area contributed by atoms with Gasteiger partial charge >= 0.3 is 0 Å². The highest BCUT2D eigenvalue weighted by Gasteiger charge is 2.31. The second-order valence-electron chi connectivity index (χ2n) is 11.5. The van der Waals surface area contributed by atoms with Crippen molar-refractivity contribution in [2.75, 3.05) is 0 Å². The van der Waals surface area contributed by atoms with Crippen LogP contribution in [0.2, 0.25) is 0 Å². The van der Waals surface area contributed by atoms with E-state index < -0.39 is 0 Å². The zero-order valence-electron chi connectivity index (χ0n) is 22.1. The van der Waals surface area contributed by atoms with Gasteiger partial charge in [0.2, 0.25) is 11.8 Å². The van der Waals surface area contributed by atoms with E-state index in [4.69, 9.17) is 0 Å². The van der Waals surface area contributed by atoms with Crippen molar-refractivity contribution in [2.45, 2.75) is 125 Å². The van der Waals surface area contributed by atoms with E-state index in [1.807, 2.05) is 0 Å². The average molecular weight is 461 g/mol. The minimum absolute atomic E-state index is 0.116. The fourth-order valence-electron chi connectivity index (χ4n) is 5.07. The SMILES string of the molecule is CCC(C)(C)C1CCC(=NNC(=O)CCCC(=O)NN=C2CCC(C(C)(C)CC)CC2)CC1. The van der Waals surface area contributed by atoms with E-state index in [1.165, 1.54) is 12.8 Å². The lowest BCUT2D eigenvalue weighted by Gasteiger charge is -2.36. The van der Waals surface area contributed by atoms with Crippen LogP contribution in [0.4, 0.5) is 0 Å². The highest BCUT2D eigenvalue weighted by atomic mass is 16.2. The van der Waals surface area contributed by atoms with Crippen LogP contribution in [0.15, 0.2) is 10.2 Å². The number of rotatable bonds is 10. The van der Waals surface area contributed by atoms with Crippen molar-refractivity contribution in [1.82, 2.24) is 10.9 Å². The highest BCUT2D eigenvalue weighted by Crippen LogP contribution is 2.40. The molecule has 33 heavy (non-hydrogen) atoms. The molecule has 2 fully saturated rings. The van der Waals surface area contributed by atoms with Gasteiger partial charge in [-0.05, 0) is 80.5 Å². The first-order valence-electron chi connectivity index (χ1n) is 13.3. The summed E-state index contributed by atoms with van der Waals surface area (Å²) >= 11 is 0. The van der Waals surface area contributed by atoms with Gasteiger partial charge in [-0.15, -0.1) is 0 Å². The minimum atomic E-state index is -0.116. The molecule has 0 saturated heterocycles. The molecule has 2 saturated carbocycles. The van der Waals surface area contributed by atoms with Gasteiger partial charge in [0.05, 0.1) is 0 Å². The molecule has 188 valence electrons. The Morgan fingerprint density at radius 3 is 1.36 bits per heavy atom. The third kappa shape index (κ3) is 8.86. The highest BCUT2D eigenvalue weighted by molar-refractivity contribution is 5.88. The first-order valence-corrected chi connectivity index (χ1v) is 13.3. The lowest BCUT2D eigenvalue weighted by atomic mass is 9.69. The minimum Gasteiger partial charge on any atom is -0.273 e. The molecule has 6 nitrogen and oxygen atoms in total. The number of hydrogen-bond donors (Lipinski definition) is 2. The predicted molar refractivity (Wildman–Crippen MR) is 137 cm³/mol. The van der Waals surface area contributed by atoms with Crippen molar-refractivity contribution in [1.29, 1.82) is 0 Å². The smallest absolute Gasteiger partial charge is 0.240 e. The van der Waals surface area contributed by atoms with E-state index in [0.29, 0.717) is 30.1 Å². The number of hydrogen-bond acceptors (Lipinski definition) is 4. The third-order valence-corrected chi connectivity index (χ3v) is 8.64. The topological polar surface area (TPSA) is 82.9 Å². The van der Waals surface area contributed by atoms with Crippen LogP contribution in [-0.4, -0.2) is 23.2 Å². The van der Waals surface area contributed by atoms with Crippen molar-refractivity contribution in [3.8, 4) is 0 Å². The molecule has 0 aromatic rings. The van der Waals surface area contributed by atoms with E-state index in [2.05, 4.69) is 62.6 Å². The summed E-state index contributed by atoms with van der Waals surface area (Å²) in [5.41, 5.74) is 8.33. The molecule has 0 radical (unpaired) electrons. The quantitative estimate of drug-likeness (QED) is 0.372. The number of hydrazone groups is 2. The van der Waals surface area contributed by atoms with Crippen molar-refractivity contribution in [3.05, 3.63) is 0 Å². The van der Waals surface area contributed by atoms with Gasteiger partial charge in [0, 0.05) is 24.3 Å². The fraction of sp³-hybridized carbons (Fsp3) is 0.852. The predicted octanol–water partition coefficient (Wildman–Crippen LogP) is 6.35. The lowest BCUT2D eigenvalue weighted by molar-refractivity contribution is -0.122. The Balaban J connectivity index is 1.61. The summed E-state index contributed by atoms with van der Waals surface area (Å²) in [6.07, 6.45) is 12.0. The van der Waals surface area contributed by atoms with E-state index in [9.17, 15) is 9.59 Å². The maximum Gasteiger partial charge on any atom is 0.240 e. The normalized spacial score (nSPS) is 22.0. The molecule has 2 amide bonds. The molecule has 0 unspecified atom stereocenters. The molecular weight excluding hydrogens is 412 g/mol. The van der Waals surface area contributed by atoms with Crippen molar-refractivity contribution >= 4 is 23.2 Å². The van der Waals surface area contributed by atoms with Crippen molar-refractivity contribution < 1.29 is 9.59 Å². The lowest BCUT2D eigenvalue weighted by Crippen LogP contribution is -2.29. The number of nitrogens with one attached hydrogen (secondary N) is 2. The van der Waals surface area contributed by atoms with Crippen LogP contribution in [0.5, 0.6) is 0 Å². The first kappa shape index (κ1) is 27.5. The van der Waals surface area contributed by atoms with Gasteiger partial charge in [0.1, 0.15) is 0 Å². The summed E-state index contributed by atoms with van der Waals surface area (Å²) in [6, 6.07) is 0. The van der Waals surface area contributed by atoms with Crippen molar-refractivity contribution in [3.63, 3.8) is 0 Å². The third-order valence-electron chi connectivity index (χ3n) is 8.64. The van der Waals surface area contributed by atoms with Gasteiger partial charge in [-0.25, -0.2) is 10.9 Å². The van der Waals surface area contributed by atoms with Gasteiger partial charge in [-0.2, -0.15) is 10.2 Å². The Bertz CT molecular complexity index is 644. The number of carbonyl (C=O) groups is 2. The largest absolute Gasteiger partial charge is 0.273 e. The van der Waals surface area contributed by atoms with Crippen LogP contribution in [0.25, 0.3) is 0 Å². The molecule has 6 heteroatoms. The molecule has 0 aromatic heterocycles. The summed E-state index contributed by atoms with van der Waals surface area (Å²) in [5.74, 6) is 1.24. The molecule has 0 spiro atoms. The van der Waals surface area contributed by atoms with E-state index in [0.717, 1.165) is 74.6 Å². The van der Waals surface area contributed by atoms with Crippen LogP contribution in [0, 0.1) is 22.7 Å².